The van der Waals surface area contributed by atoms with Crippen molar-refractivity contribution in [2.75, 3.05) is 36.9 Å². The highest BCUT2D eigenvalue weighted by atomic mass is 16.5. The molecule has 18 heavy (non-hydrogen) atoms. The van der Waals surface area contributed by atoms with E-state index >= 15 is 0 Å². The number of piperidine rings is 1. The first kappa shape index (κ1) is 11.8. The van der Waals surface area contributed by atoms with Crippen LogP contribution in [0.3, 0.4) is 0 Å². The van der Waals surface area contributed by atoms with Gasteiger partial charge in [-0.15, -0.1) is 0 Å². The minimum atomic E-state index is 0.591. The summed E-state index contributed by atoms with van der Waals surface area (Å²) in [6.45, 7) is 6.54. The minimum Gasteiger partial charge on any atom is -0.384 e. The lowest BCUT2D eigenvalue weighted by Gasteiger charge is -2.44. The van der Waals surface area contributed by atoms with Crippen molar-refractivity contribution < 1.29 is 4.74 Å². The molecule has 0 bridgehead atoms. The van der Waals surface area contributed by atoms with Crippen molar-refractivity contribution in [2.45, 2.75) is 13.3 Å². The predicted octanol–water partition coefficient (Wildman–Crippen LogP) is 1.77. The number of anilines is 2. The number of hydrogen-bond acceptors (Lipinski definition) is 4. The molecule has 4 nitrogen and oxygen atoms in total. The molecule has 0 aromatic carbocycles. The van der Waals surface area contributed by atoms with E-state index in [1.807, 2.05) is 12.3 Å². The van der Waals surface area contributed by atoms with Crippen molar-refractivity contribution in [1.82, 2.24) is 4.98 Å². The van der Waals surface area contributed by atoms with E-state index in [4.69, 9.17) is 10.5 Å². The van der Waals surface area contributed by atoms with Crippen molar-refractivity contribution in [3.63, 3.8) is 0 Å². The lowest BCUT2D eigenvalue weighted by atomic mass is 9.76. The van der Waals surface area contributed by atoms with Crippen LogP contribution in [0.4, 0.5) is 11.5 Å². The fourth-order valence-electron chi connectivity index (χ4n) is 3.18. The molecule has 2 saturated heterocycles. The first-order chi connectivity index (χ1) is 8.74. The summed E-state index contributed by atoms with van der Waals surface area (Å²) in [5.74, 6) is 2.95. The maximum absolute atomic E-state index is 5.63. The highest BCUT2D eigenvalue weighted by molar-refractivity contribution is 5.48. The second kappa shape index (κ2) is 4.76. The van der Waals surface area contributed by atoms with Gasteiger partial charge in [0.25, 0.3) is 0 Å². The van der Waals surface area contributed by atoms with Gasteiger partial charge < -0.3 is 15.4 Å². The number of nitrogen functional groups attached to an aromatic ring is 1. The molecule has 4 heteroatoms. The zero-order chi connectivity index (χ0) is 12.5. The number of ether oxygens (including phenoxy) is 1. The minimum absolute atomic E-state index is 0.591. The van der Waals surface area contributed by atoms with Crippen molar-refractivity contribution in [1.29, 1.82) is 0 Å². The SMILES string of the molecule is C[C@@H]1CN(c2ccc(N)nc2)CCC1C1COC1. The molecule has 2 N–H and O–H groups in total. The summed E-state index contributed by atoms with van der Waals surface area (Å²) in [5.41, 5.74) is 6.82. The van der Waals surface area contributed by atoms with Crippen molar-refractivity contribution >= 4 is 11.5 Å². The number of pyridine rings is 1. The van der Waals surface area contributed by atoms with Crippen LogP contribution in [-0.2, 0) is 4.74 Å². The number of aromatic nitrogens is 1. The summed E-state index contributed by atoms with van der Waals surface area (Å²) in [4.78, 5) is 6.60. The molecule has 1 aromatic rings. The lowest BCUT2D eigenvalue weighted by molar-refractivity contribution is -0.0752. The quantitative estimate of drug-likeness (QED) is 0.865. The van der Waals surface area contributed by atoms with E-state index < -0.39 is 0 Å². The summed E-state index contributed by atoms with van der Waals surface area (Å²) in [6.07, 6.45) is 3.15. The summed E-state index contributed by atoms with van der Waals surface area (Å²) in [6, 6.07) is 3.95. The molecule has 0 spiro atoms. The Labute approximate surface area is 108 Å². The van der Waals surface area contributed by atoms with Gasteiger partial charge in [0.15, 0.2) is 0 Å². The lowest BCUT2D eigenvalue weighted by Crippen LogP contribution is -2.46. The van der Waals surface area contributed by atoms with Crippen LogP contribution in [0.5, 0.6) is 0 Å². The number of hydrogen-bond donors (Lipinski definition) is 1. The smallest absolute Gasteiger partial charge is 0.123 e. The maximum atomic E-state index is 5.63. The third-order valence-corrected chi connectivity index (χ3v) is 4.38. The van der Waals surface area contributed by atoms with Gasteiger partial charge in [-0.25, -0.2) is 4.98 Å². The highest BCUT2D eigenvalue weighted by Gasteiger charge is 2.35. The van der Waals surface area contributed by atoms with E-state index in [1.54, 1.807) is 0 Å². The molecule has 0 saturated carbocycles. The Balaban J connectivity index is 1.65. The van der Waals surface area contributed by atoms with Crippen LogP contribution >= 0.6 is 0 Å². The molecule has 0 radical (unpaired) electrons. The first-order valence-electron chi connectivity index (χ1n) is 6.78. The van der Waals surface area contributed by atoms with Gasteiger partial charge in [0.05, 0.1) is 25.1 Å². The van der Waals surface area contributed by atoms with Crippen molar-refractivity contribution in [3.05, 3.63) is 18.3 Å². The average molecular weight is 247 g/mol. The monoisotopic (exact) mass is 247 g/mol. The Morgan fingerprint density at radius 3 is 2.78 bits per heavy atom. The fourth-order valence-corrected chi connectivity index (χ4v) is 3.18. The molecule has 2 atom stereocenters. The van der Waals surface area contributed by atoms with Gasteiger partial charge in [-0.3, -0.25) is 0 Å². The third-order valence-electron chi connectivity index (χ3n) is 4.38. The zero-order valence-corrected chi connectivity index (χ0v) is 10.9. The van der Waals surface area contributed by atoms with Crippen LogP contribution in [0, 0.1) is 17.8 Å². The Kier molecular flexibility index (Phi) is 3.12. The van der Waals surface area contributed by atoms with Gasteiger partial charge in [-0.2, -0.15) is 0 Å². The van der Waals surface area contributed by atoms with Gasteiger partial charge in [0.2, 0.25) is 0 Å². The fraction of sp³-hybridized carbons (Fsp3) is 0.643. The Morgan fingerprint density at radius 1 is 1.39 bits per heavy atom. The largest absolute Gasteiger partial charge is 0.384 e. The van der Waals surface area contributed by atoms with Crippen molar-refractivity contribution in [3.8, 4) is 0 Å². The molecule has 0 amide bonds. The Morgan fingerprint density at radius 2 is 2.22 bits per heavy atom. The van der Waals surface area contributed by atoms with E-state index in [0.29, 0.717) is 5.82 Å². The van der Waals surface area contributed by atoms with E-state index in [2.05, 4.69) is 22.9 Å². The van der Waals surface area contributed by atoms with Crippen LogP contribution in [0.15, 0.2) is 18.3 Å². The van der Waals surface area contributed by atoms with Crippen LogP contribution in [-0.4, -0.2) is 31.3 Å². The van der Waals surface area contributed by atoms with Gasteiger partial charge in [-0.05, 0) is 30.4 Å². The van der Waals surface area contributed by atoms with Gasteiger partial charge >= 0.3 is 0 Å². The number of nitrogens with two attached hydrogens (primary N) is 1. The topological polar surface area (TPSA) is 51.4 Å². The molecule has 98 valence electrons. The summed E-state index contributed by atoms with van der Waals surface area (Å²) in [7, 11) is 0. The Bertz CT molecular complexity index is 402. The van der Waals surface area contributed by atoms with E-state index in [9.17, 15) is 0 Å². The molecular weight excluding hydrogens is 226 g/mol. The first-order valence-corrected chi connectivity index (χ1v) is 6.78. The summed E-state index contributed by atoms with van der Waals surface area (Å²) < 4.78 is 5.32. The number of rotatable bonds is 2. The van der Waals surface area contributed by atoms with E-state index in [0.717, 1.165) is 44.1 Å². The highest BCUT2D eigenvalue weighted by Crippen LogP contribution is 2.35. The molecule has 2 fully saturated rings. The molecule has 0 aliphatic carbocycles. The number of nitrogens with zero attached hydrogens (tertiary/aromatic N) is 2. The standard InChI is InChI=1S/C14H21N3O/c1-10-7-17(12-2-3-14(15)16-6-12)5-4-13(10)11-8-18-9-11/h2-3,6,10-11,13H,4-5,7-9H2,1H3,(H2,15,16)/t10-,13?/m1/s1. The third kappa shape index (κ3) is 2.17. The molecule has 2 aliphatic heterocycles. The second-order valence-electron chi connectivity index (χ2n) is 5.61. The Hall–Kier alpha value is -1.29. The van der Waals surface area contributed by atoms with Crippen LogP contribution in [0.25, 0.3) is 0 Å². The summed E-state index contributed by atoms with van der Waals surface area (Å²) in [5, 5.41) is 0. The van der Waals surface area contributed by atoms with E-state index in [1.165, 1.54) is 12.1 Å². The van der Waals surface area contributed by atoms with Gasteiger partial charge in [0, 0.05) is 19.0 Å². The van der Waals surface area contributed by atoms with Gasteiger partial charge in [0.1, 0.15) is 5.82 Å². The molecule has 3 rings (SSSR count). The van der Waals surface area contributed by atoms with Crippen molar-refractivity contribution in [2.24, 2.45) is 17.8 Å². The molecule has 1 aromatic heterocycles. The molecular formula is C14H21N3O. The maximum Gasteiger partial charge on any atom is 0.123 e. The van der Waals surface area contributed by atoms with Gasteiger partial charge in [-0.1, -0.05) is 6.92 Å². The second-order valence-corrected chi connectivity index (χ2v) is 5.61. The molecule has 1 unspecified atom stereocenters. The summed E-state index contributed by atoms with van der Waals surface area (Å²) >= 11 is 0. The van der Waals surface area contributed by atoms with E-state index in [-0.39, 0.29) is 0 Å². The van der Waals surface area contributed by atoms with Crippen LogP contribution < -0.4 is 10.6 Å². The molecule has 3 heterocycles. The zero-order valence-electron chi connectivity index (χ0n) is 10.9. The average Bonchev–Trinajstić information content (AvgIpc) is 2.30. The molecule has 2 aliphatic rings. The van der Waals surface area contributed by atoms with Crippen LogP contribution in [0.1, 0.15) is 13.3 Å². The van der Waals surface area contributed by atoms with Crippen LogP contribution in [0.2, 0.25) is 0 Å². The predicted molar refractivity (Wildman–Crippen MR) is 72.4 cm³/mol. The normalized spacial score (nSPS) is 29.1.